The molecule has 0 saturated carbocycles. The summed E-state index contributed by atoms with van der Waals surface area (Å²) in [6, 6.07) is 19.7. The van der Waals surface area contributed by atoms with Gasteiger partial charge in [0.2, 0.25) is 0 Å². The van der Waals surface area contributed by atoms with Crippen LogP contribution in [0.5, 0.6) is 5.75 Å². The lowest BCUT2D eigenvalue weighted by atomic mass is 9.95. The summed E-state index contributed by atoms with van der Waals surface area (Å²) in [6.45, 7) is 4.92. The maximum Gasteiger partial charge on any atom is 0.273 e. The quantitative estimate of drug-likeness (QED) is 0.608. The Morgan fingerprint density at radius 2 is 1.87 bits per heavy atom. The minimum absolute atomic E-state index is 0.144. The van der Waals surface area contributed by atoms with Gasteiger partial charge in [0.1, 0.15) is 5.75 Å². The van der Waals surface area contributed by atoms with Crippen LogP contribution in [-0.2, 0) is 0 Å². The van der Waals surface area contributed by atoms with Crippen molar-refractivity contribution in [2.24, 2.45) is 5.92 Å². The monoisotopic (exact) mass is 419 g/mol. The number of nitrogens with zero attached hydrogens (tertiary/aromatic N) is 2. The second kappa shape index (κ2) is 9.79. The summed E-state index contributed by atoms with van der Waals surface area (Å²) < 4.78 is 10.6. The molecule has 1 N–H and O–H groups in total. The van der Waals surface area contributed by atoms with Crippen LogP contribution < -0.4 is 10.1 Å². The maximum atomic E-state index is 12.8. The molecule has 1 saturated heterocycles. The van der Waals surface area contributed by atoms with Crippen molar-refractivity contribution in [3.63, 3.8) is 0 Å². The molecule has 3 aromatic rings. The highest BCUT2D eigenvalue weighted by Crippen LogP contribution is 2.27. The lowest BCUT2D eigenvalue weighted by Crippen LogP contribution is -2.42. The first-order valence-corrected chi connectivity index (χ1v) is 10.8. The Labute approximate surface area is 183 Å². The van der Waals surface area contributed by atoms with Gasteiger partial charge in [0.05, 0.1) is 13.2 Å². The number of methoxy groups -OCH3 is 1. The summed E-state index contributed by atoms with van der Waals surface area (Å²) in [5.41, 5.74) is 2.35. The number of aromatic nitrogens is 1. The fourth-order valence-corrected chi connectivity index (χ4v) is 4.03. The first-order valence-electron chi connectivity index (χ1n) is 10.8. The molecule has 6 nitrogen and oxygen atoms in total. The van der Waals surface area contributed by atoms with Gasteiger partial charge in [0.25, 0.3) is 5.91 Å². The van der Waals surface area contributed by atoms with E-state index >= 15 is 0 Å². The minimum Gasteiger partial charge on any atom is -0.497 e. The van der Waals surface area contributed by atoms with E-state index in [0.717, 1.165) is 30.3 Å². The Hall–Kier alpha value is -3.12. The number of hydrogen-bond donors (Lipinski definition) is 1. The third-order valence-corrected chi connectivity index (χ3v) is 6.02. The van der Waals surface area contributed by atoms with Gasteiger partial charge in [-0.1, -0.05) is 42.4 Å². The SMILES string of the molecule is COc1ccc(-c2cc(C(=O)NCC(c3ccccc3)N3CCC(C)CC3)no2)cc1. The van der Waals surface area contributed by atoms with E-state index in [1.807, 2.05) is 30.3 Å². The predicted molar refractivity (Wildman–Crippen MR) is 120 cm³/mol. The smallest absolute Gasteiger partial charge is 0.273 e. The second-order valence-corrected chi connectivity index (χ2v) is 8.16. The van der Waals surface area contributed by atoms with Crippen LogP contribution in [0.3, 0.4) is 0 Å². The fourth-order valence-electron chi connectivity index (χ4n) is 4.03. The molecule has 1 amide bonds. The van der Waals surface area contributed by atoms with E-state index in [0.29, 0.717) is 12.3 Å². The van der Waals surface area contributed by atoms with E-state index in [2.05, 4.69) is 46.6 Å². The van der Waals surface area contributed by atoms with E-state index < -0.39 is 0 Å². The highest BCUT2D eigenvalue weighted by molar-refractivity contribution is 5.93. The number of carbonyl (C=O) groups excluding carboxylic acids is 1. The summed E-state index contributed by atoms with van der Waals surface area (Å²) in [6.07, 6.45) is 2.37. The Bertz CT molecular complexity index is 977. The normalized spacial score (nSPS) is 16.1. The van der Waals surface area contributed by atoms with Gasteiger partial charge in [-0.2, -0.15) is 0 Å². The number of benzene rings is 2. The summed E-state index contributed by atoms with van der Waals surface area (Å²) in [5.74, 6) is 1.85. The van der Waals surface area contributed by atoms with Crippen LogP contribution in [0.4, 0.5) is 0 Å². The zero-order valence-electron chi connectivity index (χ0n) is 18.1. The van der Waals surface area contributed by atoms with Crippen molar-refractivity contribution in [2.75, 3.05) is 26.7 Å². The van der Waals surface area contributed by atoms with E-state index in [-0.39, 0.29) is 17.6 Å². The van der Waals surface area contributed by atoms with Crippen molar-refractivity contribution in [3.8, 4) is 17.1 Å². The molecule has 1 atom stereocenters. The molecule has 1 unspecified atom stereocenters. The van der Waals surface area contributed by atoms with E-state index in [1.165, 1.54) is 18.4 Å². The molecule has 31 heavy (non-hydrogen) atoms. The van der Waals surface area contributed by atoms with Crippen LogP contribution in [0.15, 0.2) is 65.2 Å². The lowest BCUT2D eigenvalue weighted by molar-refractivity contribution is 0.0904. The number of rotatable bonds is 7. The van der Waals surface area contributed by atoms with Gasteiger partial charge in [-0.3, -0.25) is 9.69 Å². The van der Waals surface area contributed by atoms with Gasteiger partial charge in [0, 0.05) is 18.2 Å². The number of likely N-dealkylation sites (tertiary alicyclic amines) is 1. The molecule has 1 aromatic heterocycles. The van der Waals surface area contributed by atoms with Crippen LogP contribution in [-0.4, -0.2) is 42.7 Å². The van der Waals surface area contributed by atoms with Crippen LogP contribution >= 0.6 is 0 Å². The maximum absolute atomic E-state index is 12.8. The molecule has 6 heteroatoms. The van der Waals surface area contributed by atoms with Crippen molar-refractivity contribution >= 4 is 5.91 Å². The van der Waals surface area contributed by atoms with Gasteiger partial charge >= 0.3 is 0 Å². The number of nitrogens with one attached hydrogen (secondary N) is 1. The summed E-state index contributed by atoms with van der Waals surface area (Å²) in [5, 5.41) is 7.04. The molecule has 0 bridgehead atoms. The molecular weight excluding hydrogens is 390 g/mol. The Kier molecular flexibility index (Phi) is 6.67. The average molecular weight is 420 g/mol. The molecule has 1 aliphatic rings. The van der Waals surface area contributed by atoms with E-state index in [1.54, 1.807) is 13.2 Å². The summed E-state index contributed by atoms with van der Waals surface area (Å²) >= 11 is 0. The van der Waals surface area contributed by atoms with E-state index in [4.69, 9.17) is 9.26 Å². The number of amides is 1. The zero-order chi connectivity index (χ0) is 21.6. The molecule has 4 rings (SSSR count). The molecule has 162 valence electrons. The van der Waals surface area contributed by atoms with Crippen molar-refractivity contribution in [2.45, 2.75) is 25.8 Å². The first kappa shape index (κ1) is 21.1. The van der Waals surface area contributed by atoms with Gasteiger partial charge in [-0.05, 0) is 61.7 Å². The second-order valence-electron chi connectivity index (χ2n) is 8.16. The van der Waals surface area contributed by atoms with Crippen LogP contribution in [0, 0.1) is 5.92 Å². The van der Waals surface area contributed by atoms with Crippen LogP contribution in [0.1, 0.15) is 41.9 Å². The molecule has 0 spiro atoms. The zero-order valence-corrected chi connectivity index (χ0v) is 18.1. The summed E-state index contributed by atoms with van der Waals surface area (Å²) in [4.78, 5) is 15.3. The van der Waals surface area contributed by atoms with Crippen LogP contribution in [0.2, 0.25) is 0 Å². The van der Waals surface area contributed by atoms with Crippen molar-refractivity contribution in [1.82, 2.24) is 15.4 Å². The third-order valence-electron chi connectivity index (χ3n) is 6.02. The van der Waals surface area contributed by atoms with Crippen molar-refractivity contribution in [1.29, 1.82) is 0 Å². The Morgan fingerprint density at radius 1 is 1.16 bits per heavy atom. The Balaban J connectivity index is 1.43. The third kappa shape index (κ3) is 5.14. The Morgan fingerprint density at radius 3 is 2.55 bits per heavy atom. The lowest BCUT2D eigenvalue weighted by Gasteiger charge is -2.37. The molecule has 1 aliphatic heterocycles. The molecule has 2 aromatic carbocycles. The molecule has 2 heterocycles. The number of ether oxygens (including phenoxy) is 1. The van der Waals surface area contributed by atoms with Gasteiger partial charge in [-0.25, -0.2) is 0 Å². The number of carbonyl (C=O) groups is 1. The first-order chi connectivity index (χ1) is 15.1. The highest BCUT2D eigenvalue weighted by atomic mass is 16.5. The van der Waals surface area contributed by atoms with Crippen molar-refractivity contribution in [3.05, 3.63) is 71.9 Å². The summed E-state index contributed by atoms with van der Waals surface area (Å²) in [7, 11) is 1.62. The fraction of sp³-hybridized carbons (Fsp3) is 0.360. The topological polar surface area (TPSA) is 67.6 Å². The number of piperidine rings is 1. The predicted octanol–water partition coefficient (Wildman–Crippen LogP) is 4.55. The van der Waals surface area contributed by atoms with E-state index in [9.17, 15) is 4.79 Å². The largest absolute Gasteiger partial charge is 0.497 e. The minimum atomic E-state index is -0.227. The van der Waals surface area contributed by atoms with Gasteiger partial charge in [0.15, 0.2) is 11.5 Å². The van der Waals surface area contributed by atoms with Crippen LogP contribution in [0.25, 0.3) is 11.3 Å². The van der Waals surface area contributed by atoms with Gasteiger partial charge < -0.3 is 14.6 Å². The molecule has 0 radical (unpaired) electrons. The van der Waals surface area contributed by atoms with Gasteiger partial charge in [-0.15, -0.1) is 0 Å². The number of hydrogen-bond acceptors (Lipinski definition) is 5. The molecule has 1 fully saturated rings. The molecular formula is C25H29N3O3. The average Bonchev–Trinajstić information content (AvgIpc) is 3.31. The standard InChI is InChI=1S/C25H29N3O3/c1-18-12-14-28(15-13-18)23(19-6-4-3-5-7-19)17-26-25(29)22-16-24(31-27-22)20-8-10-21(30-2)11-9-20/h3-11,16,18,23H,12-15,17H2,1-2H3,(H,26,29). The van der Waals surface area contributed by atoms with Crippen molar-refractivity contribution < 1.29 is 14.1 Å². The highest BCUT2D eigenvalue weighted by Gasteiger charge is 2.25. The molecule has 0 aliphatic carbocycles.